The molecule has 1 saturated heterocycles. The zero-order chi connectivity index (χ0) is 15.3. The molecule has 1 aromatic carbocycles. The van der Waals surface area contributed by atoms with E-state index in [0.29, 0.717) is 13.0 Å². The lowest BCUT2D eigenvalue weighted by Crippen LogP contribution is -2.40. The largest absolute Gasteiger partial charge is 0.445 e. The fraction of sp³-hybridized carbons (Fsp3) is 0.500. The van der Waals surface area contributed by atoms with Gasteiger partial charge in [0.25, 0.3) is 10.1 Å². The molecule has 1 atom stereocenters. The molecule has 0 unspecified atom stereocenters. The average Bonchev–Trinajstić information content (AvgIpc) is 2.93. The lowest BCUT2D eigenvalue weighted by Gasteiger charge is -2.23. The third-order valence-corrected chi connectivity index (χ3v) is 4.77. The molecule has 1 aliphatic rings. The smallest absolute Gasteiger partial charge is 0.410 e. The van der Waals surface area contributed by atoms with Crippen molar-refractivity contribution in [3.8, 4) is 0 Å². The summed E-state index contributed by atoms with van der Waals surface area (Å²) < 4.78 is 32.7. The Morgan fingerprint density at radius 3 is 2.71 bits per heavy atom. The number of amides is 1. The molecular formula is C14H19NO5S. The van der Waals surface area contributed by atoms with E-state index in [1.54, 1.807) is 0 Å². The van der Waals surface area contributed by atoms with E-state index in [0.717, 1.165) is 19.1 Å². The number of hydrogen-bond acceptors (Lipinski definition) is 5. The van der Waals surface area contributed by atoms with Gasteiger partial charge in [0.2, 0.25) is 0 Å². The summed E-state index contributed by atoms with van der Waals surface area (Å²) in [5, 5.41) is 0. The summed E-state index contributed by atoms with van der Waals surface area (Å²) in [6, 6.07) is 8.98. The molecule has 0 saturated carbocycles. The van der Waals surface area contributed by atoms with Gasteiger partial charge in [0, 0.05) is 6.54 Å². The van der Waals surface area contributed by atoms with Gasteiger partial charge in [0.15, 0.2) is 0 Å². The van der Waals surface area contributed by atoms with Crippen molar-refractivity contribution in [3.05, 3.63) is 35.9 Å². The Labute approximate surface area is 124 Å². The number of hydrogen-bond donors (Lipinski definition) is 0. The van der Waals surface area contributed by atoms with Crippen LogP contribution in [0.3, 0.4) is 0 Å². The Bertz CT molecular complexity index is 572. The van der Waals surface area contributed by atoms with Crippen molar-refractivity contribution >= 4 is 16.2 Å². The van der Waals surface area contributed by atoms with Gasteiger partial charge in [-0.05, 0) is 18.4 Å². The third-order valence-electron chi connectivity index (χ3n) is 3.47. The van der Waals surface area contributed by atoms with E-state index < -0.39 is 16.2 Å². The Hall–Kier alpha value is -1.60. The average molecular weight is 313 g/mol. The molecular weight excluding hydrogens is 294 g/mol. The first-order valence-corrected chi connectivity index (χ1v) is 8.35. The Morgan fingerprint density at radius 2 is 2.05 bits per heavy atom. The number of carbonyl (C=O) groups excluding carboxylic acids is 1. The normalized spacial score (nSPS) is 18.7. The second kappa shape index (κ2) is 6.91. The van der Waals surface area contributed by atoms with E-state index in [2.05, 4.69) is 4.18 Å². The van der Waals surface area contributed by atoms with Gasteiger partial charge in [0.05, 0.1) is 18.9 Å². The van der Waals surface area contributed by atoms with Crippen molar-refractivity contribution in [3.63, 3.8) is 0 Å². The number of carbonyl (C=O) groups is 1. The number of likely N-dealkylation sites (tertiary alicyclic amines) is 1. The molecule has 0 spiro atoms. The summed E-state index contributed by atoms with van der Waals surface area (Å²) in [6.07, 6.45) is 0.931. The van der Waals surface area contributed by atoms with Gasteiger partial charge in [-0.1, -0.05) is 30.3 Å². The van der Waals surface area contributed by atoms with Crippen molar-refractivity contribution in [2.75, 3.05) is 19.4 Å². The topological polar surface area (TPSA) is 72.9 Å². The van der Waals surface area contributed by atoms with Crippen LogP contribution in [-0.2, 0) is 25.6 Å². The molecule has 1 aromatic rings. The van der Waals surface area contributed by atoms with Crippen molar-refractivity contribution in [1.29, 1.82) is 0 Å². The maximum Gasteiger partial charge on any atom is 0.410 e. The first-order chi connectivity index (χ1) is 10.0. The molecule has 1 amide bonds. The lowest BCUT2D eigenvalue weighted by molar-refractivity contribution is 0.0946. The van der Waals surface area contributed by atoms with Gasteiger partial charge in [-0.15, -0.1) is 0 Å². The predicted octanol–water partition coefficient (Wildman–Crippen LogP) is 1.76. The monoisotopic (exact) mass is 313 g/mol. The molecule has 1 fully saturated rings. The van der Waals surface area contributed by atoms with Gasteiger partial charge in [-0.2, -0.15) is 8.42 Å². The standard InChI is InChI=1S/C14H19NO5S/c1-19-21(17,18)11-13-8-5-9-15(13)14(16)20-10-12-6-3-2-4-7-12/h2-4,6-7,13H,5,8-11H2,1H3/t13-/m0/s1. The quantitative estimate of drug-likeness (QED) is 0.775. The van der Waals surface area contributed by atoms with Crippen molar-refractivity contribution in [2.45, 2.75) is 25.5 Å². The van der Waals surface area contributed by atoms with Gasteiger partial charge < -0.3 is 9.64 Å². The van der Waals surface area contributed by atoms with Crippen molar-refractivity contribution in [2.24, 2.45) is 0 Å². The highest BCUT2D eigenvalue weighted by Gasteiger charge is 2.33. The minimum atomic E-state index is -3.59. The first kappa shape index (κ1) is 15.8. The molecule has 116 valence electrons. The fourth-order valence-electron chi connectivity index (χ4n) is 2.36. The molecule has 0 N–H and O–H groups in total. The van der Waals surface area contributed by atoms with E-state index in [1.165, 1.54) is 4.90 Å². The van der Waals surface area contributed by atoms with Crippen LogP contribution in [0.15, 0.2) is 30.3 Å². The summed E-state index contributed by atoms with van der Waals surface area (Å²) in [4.78, 5) is 13.5. The lowest BCUT2D eigenvalue weighted by atomic mass is 10.2. The van der Waals surface area contributed by atoms with Gasteiger partial charge in [-0.3, -0.25) is 4.18 Å². The maximum atomic E-state index is 12.1. The van der Waals surface area contributed by atoms with Crippen LogP contribution in [0.2, 0.25) is 0 Å². The van der Waals surface area contributed by atoms with Crippen LogP contribution in [0.5, 0.6) is 0 Å². The van der Waals surface area contributed by atoms with Crippen LogP contribution < -0.4 is 0 Å². The summed E-state index contributed by atoms with van der Waals surface area (Å²) in [7, 11) is -2.46. The van der Waals surface area contributed by atoms with E-state index >= 15 is 0 Å². The summed E-state index contributed by atoms with van der Waals surface area (Å²) in [5.74, 6) is -0.191. The molecule has 7 heteroatoms. The fourth-order valence-corrected chi connectivity index (χ4v) is 3.31. The zero-order valence-corrected chi connectivity index (χ0v) is 12.7. The second-order valence-electron chi connectivity index (χ2n) is 4.92. The zero-order valence-electron chi connectivity index (χ0n) is 11.9. The molecule has 21 heavy (non-hydrogen) atoms. The highest BCUT2D eigenvalue weighted by atomic mass is 32.2. The SMILES string of the molecule is COS(=O)(=O)C[C@@H]1CCCN1C(=O)OCc1ccccc1. The highest BCUT2D eigenvalue weighted by molar-refractivity contribution is 7.86. The van der Waals surface area contributed by atoms with Crippen LogP contribution in [-0.4, -0.2) is 44.9 Å². The van der Waals surface area contributed by atoms with Crippen LogP contribution in [0, 0.1) is 0 Å². The minimum Gasteiger partial charge on any atom is -0.445 e. The maximum absolute atomic E-state index is 12.1. The van der Waals surface area contributed by atoms with Crippen LogP contribution in [0.25, 0.3) is 0 Å². The highest BCUT2D eigenvalue weighted by Crippen LogP contribution is 2.20. The number of benzene rings is 1. The number of nitrogens with zero attached hydrogens (tertiary/aromatic N) is 1. The minimum absolute atomic E-state index is 0.180. The van der Waals surface area contributed by atoms with E-state index in [1.807, 2.05) is 30.3 Å². The molecule has 0 aromatic heterocycles. The Balaban J connectivity index is 1.92. The first-order valence-electron chi connectivity index (χ1n) is 6.77. The summed E-state index contributed by atoms with van der Waals surface area (Å²) in [6.45, 7) is 0.692. The summed E-state index contributed by atoms with van der Waals surface area (Å²) in [5.41, 5.74) is 0.895. The molecule has 0 bridgehead atoms. The van der Waals surface area contributed by atoms with Gasteiger partial charge in [-0.25, -0.2) is 4.79 Å². The van der Waals surface area contributed by atoms with Crippen LogP contribution >= 0.6 is 0 Å². The van der Waals surface area contributed by atoms with E-state index in [4.69, 9.17) is 4.74 Å². The van der Waals surface area contributed by atoms with E-state index in [9.17, 15) is 13.2 Å². The van der Waals surface area contributed by atoms with Gasteiger partial charge in [0.1, 0.15) is 6.61 Å². The predicted molar refractivity (Wildman–Crippen MR) is 77.2 cm³/mol. The Kier molecular flexibility index (Phi) is 5.19. The molecule has 1 heterocycles. The molecule has 6 nitrogen and oxygen atoms in total. The molecule has 2 rings (SSSR count). The van der Waals surface area contributed by atoms with E-state index in [-0.39, 0.29) is 18.4 Å². The Morgan fingerprint density at radius 1 is 1.33 bits per heavy atom. The number of ether oxygens (including phenoxy) is 1. The van der Waals surface area contributed by atoms with Crippen LogP contribution in [0.4, 0.5) is 4.79 Å². The third kappa shape index (κ3) is 4.44. The number of rotatable bonds is 5. The van der Waals surface area contributed by atoms with Crippen molar-refractivity contribution in [1.82, 2.24) is 4.90 Å². The molecule has 1 aliphatic heterocycles. The van der Waals surface area contributed by atoms with Crippen LogP contribution in [0.1, 0.15) is 18.4 Å². The summed E-state index contributed by atoms with van der Waals surface area (Å²) >= 11 is 0. The molecule has 0 radical (unpaired) electrons. The van der Waals surface area contributed by atoms with Gasteiger partial charge >= 0.3 is 6.09 Å². The molecule has 0 aliphatic carbocycles. The van der Waals surface area contributed by atoms with Crippen molar-refractivity contribution < 1.29 is 22.1 Å². The second-order valence-corrected chi connectivity index (χ2v) is 6.70.